The Labute approximate surface area is 217 Å². The van der Waals surface area contributed by atoms with Gasteiger partial charge in [0.2, 0.25) is 5.91 Å². The minimum absolute atomic E-state index is 0.0288. The highest BCUT2D eigenvalue weighted by atomic mass is 35.5. The van der Waals surface area contributed by atoms with Crippen LogP contribution in [0.1, 0.15) is 18.1 Å². The number of carboxylic acids is 1. The molecule has 2 unspecified atom stereocenters. The van der Waals surface area contributed by atoms with E-state index < -0.39 is 17.8 Å². The van der Waals surface area contributed by atoms with Gasteiger partial charge in [0.1, 0.15) is 29.0 Å². The molecule has 0 spiro atoms. The standard InChI is InChI=1S/C24H23ClN2O6S2/c1-2-26-16(13-32-23(26)31)9-14-3-6-17(7-4-14)33-18-8-5-15(19(25)11-18)10-20-22(30)27(12-21(28)29)24(34)35-20/h3-8,11,16,20H,2,9-10,12-13H2,1H3,(H,28,29). The van der Waals surface area contributed by atoms with Crippen molar-refractivity contribution in [2.75, 3.05) is 19.7 Å². The topological polar surface area (TPSA) is 96.4 Å². The summed E-state index contributed by atoms with van der Waals surface area (Å²) in [5, 5.41) is 8.91. The number of carbonyl (C=O) groups is 3. The fraction of sp³-hybridized carbons (Fsp3) is 0.333. The number of benzene rings is 2. The molecular weight excluding hydrogens is 512 g/mol. The van der Waals surface area contributed by atoms with Gasteiger partial charge in [0.05, 0.1) is 11.3 Å². The van der Waals surface area contributed by atoms with E-state index in [1.165, 1.54) is 11.8 Å². The second-order valence-corrected chi connectivity index (χ2v) is 10.4. The van der Waals surface area contributed by atoms with Gasteiger partial charge in [-0.1, -0.05) is 53.8 Å². The van der Waals surface area contributed by atoms with Crippen molar-refractivity contribution in [2.24, 2.45) is 0 Å². The lowest BCUT2D eigenvalue weighted by Crippen LogP contribution is -2.36. The van der Waals surface area contributed by atoms with E-state index in [1.54, 1.807) is 23.1 Å². The van der Waals surface area contributed by atoms with Crippen LogP contribution in [0.25, 0.3) is 0 Å². The van der Waals surface area contributed by atoms with Gasteiger partial charge in [-0.3, -0.25) is 14.5 Å². The fourth-order valence-corrected chi connectivity index (χ4v) is 5.78. The maximum atomic E-state index is 12.5. The van der Waals surface area contributed by atoms with Crippen molar-refractivity contribution < 1.29 is 29.0 Å². The number of ether oxygens (including phenoxy) is 2. The number of cyclic esters (lactones) is 1. The van der Waals surface area contributed by atoms with Crippen molar-refractivity contribution >= 4 is 57.9 Å². The molecule has 184 valence electrons. The summed E-state index contributed by atoms with van der Waals surface area (Å²) in [6.07, 6.45) is 0.760. The van der Waals surface area contributed by atoms with Crippen LogP contribution < -0.4 is 4.74 Å². The number of carboxylic acid groups (broad SMARTS) is 1. The van der Waals surface area contributed by atoms with Gasteiger partial charge < -0.3 is 19.5 Å². The molecule has 8 nitrogen and oxygen atoms in total. The summed E-state index contributed by atoms with van der Waals surface area (Å²) in [6.45, 7) is 2.50. The largest absolute Gasteiger partial charge is 0.480 e. The quantitative estimate of drug-likeness (QED) is 0.474. The van der Waals surface area contributed by atoms with Crippen molar-refractivity contribution in [2.45, 2.75) is 31.1 Å². The van der Waals surface area contributed by atoms with Crippen molar-refractivity contribution in [1.29, 1.82) is 0 Å². The Kier molecular flexibility index (Phi) is 7.83. The number of likely N-dealkylation sites (N-methyl/N-ethyl adjacent to an activating group) is 1. The number of hydrogen-bond donors (Lipinski definition) is 1. The SMILES string of the molecule is CCN1C(=O)OCC1Cc1ccc(Oc2ccc(CC3SC(=S)N(CC(=O)O)C3=O)c(Cl)c2)cc1. The Bertz CT molecular complexity index is 1160. The highest BCUT2D eigenvalue weighted by Crippen LogP contribution is 2.33. The zero-order chi connectivity index (χ0) is 25.1. The summed E-state index contributed by atoms with van der Waals surface area (Å²) in [6, 6.07) is 12.9. The molecule has 1 N–H and O–H groups in total. The average molecular weight is 535 g/mol. The van der Waals surface area contributed by atoms with Gasteiger partial charge >= 0.3 is 12.1 Å². The van der Waals surface area contributed by atoms with Gasteiger partial charge in [-0.05, 0) is 55.2 Å². The summed E-state index contributed by atoms with van der Waals surface area (Å²) in [5.74, 6) is -0.249. The Morgan fingerprint density at radius 1 is 1.20 bits per heavy atom. The maximum absolute atomic E-state index is 12.5. The van der Waals surface area contributed by atoms with Crippen LogP contribution in [0.2, 0.25) is 5.02 Å². The van der Waals surface area contributed by atoms with E-state index in [2.05, 4.69) is 0 Å². The number of carbonyl (C=O) groups excluding carboxylic acids is 2. The first-order valence-corrected chi connectivity index (χ1v) is 12.6. The lowest BCUT2D eigenvalue weighted by molar-refractivity contribution is -0.141. The van der Waals surface area contributed by atoms with E-state index in [1.807, 2.05) is 31.2 Å². The molecule has 0 bridgehead atoms. The van der Waals surface area contributed by atoms with Gasteiger partial charge in [0.25, 0.3) is 0 Å². The highest BCUT2D eigenvalue weighted by Gasteiger charge is 2.38. The molecule has 35 heavy (non-hydrogen) atoms. The molecule has 2 aliphatic heterocycles. The van der Waals surface area contributed by atoms with Gasteiger partial charge in [-0.2, -0.15) is 0 Å². The van der Waals surface area contributed by atoms with Crippen LogP contribution in [0.3, 0.4) is 0 Å². The lowest BCUT2D eigenvalue weighted by atomic mass is 10.1. The predicted octanol–water partition coefficient (Wildman–Crippen LogP) is 4.37. The first kappa shape index (κ1) is 25.3. The second-order valence-electron chi connectivity index (χ2n) is 8.11. The number of halogens is 1. The Morgan fingerprint density at radius 3 is 2.57 bits per heavy atom. The molecule has 0 saturated carbocycles. The minimum Gasteiger partial charge on any atom is -0.480 e. The Hall–Kier alpha value is -2.82. The van der Waals surface area contributed by atoms with Crippen molar-refractivity contribution in [3.05, 3.63) is 58.6 Å². The van der Waals surface area contributed by atoms with Crippen LogP contribution in [0.15, 0.2) is 42.5 Å². The summed E-state index contributed by atoms with van der Waals surface area (Å²) >= 11 is 12.8. The van der Waals surface area contributed by atoms with E-state index in [-0.39, 0.29) is 22.4 Å². The summed E-state index contributed by atoms with van der Waals surface area (Å²) in [5.41, 5.74) is 1.81. The molecule has 0 aliphatic carbocycles. The molecule has 2 saturated heterocycles. The molecule has 2 aliphatic rings. The van der Waals surface area contributed by atoms with E-state index in [0.717, 1.165) is 16.0 Å². The van der Waals surface area contributed by atoms with Gasteiger partial charge in [0, 0.05) is 11.6 Å². The number of amides is 2. The van der Waals surface area contributed by atoms with Crippen molar-refractivity contribution in [3.8, 4) is 11.5 Å². The van der Waals surface area contributed by atoms with E-state index in [0.29, 0.717) is 42.5 Å². The van der Waals surface area contributed by atoms with Crippen molar-refractivity contribution in [1.82, 2.24) is 9.80 Å². The van der Waals surface area contributed by atoms with Crippen LogP contribution >= 0.6 is 35.6 Å². The van der Waals surface area contributed by atoms with Crippen molar-refractivity contribution in [3.63, 3.8) is 0 Å². The van der Waals surface area contributed by atoms with E-state index >= 15 is 0 Å². The number of thiocarbonyl (C=S) groups is 1. The molecule has 2 amide bonds. The highest BCUT2D eigenvalue weighted by molar-refractivity contribution is 8.24. The van der Waals surface area contributed by atoms with Gasteiger partial charge in [-0.15, -0.1) is 0 Å². The third kappa shape index (κ3) is 5.88. The van der Waals surface area contributed by atoms with Gasteiger partial charge in [0.15, 0.2) is 0 Å². The predicted molar refractivity (Wildman–Crippen MR) is 136 cm³/mol. The first-order chi connectivity index (χ1) is 16.7. The maximum Gasteiger partial charge on any atom is 0.410 e. The van der Waals surface area contributed by atoms with Crippen LogP contribution in [0.4, 0.5) is 4.79 Å². The van der Waals surface area contributed by atoms with Crippen LogP contribution in [-0.4, -0.2) is 68.2 Å². The van der Waals surface area contributed by atoms with Crippen LogP contribution in [0.5, 0.6) is 11.5 Å². The molecular formula is C24H23ClN2O6S2. The Balaban J connectivity index is 1.36. The smallest absolute Gasteiger partial charge is 0.410 e. The fourth-order valence-electron chi connectivity index (χ4n) is 4.01. The number of hydrogen-bond acceptors (Lipinski definition) is 7. The lowest BCUT2D eigenvalue weighted by Gasteiger charge is -2.19. The normalized spacial score (nSPS) is 19.9. The van der Waals surface area contributed by atoms with Crippen LogP contribution in [0, 0.1) is 0 Å². The first-order valence-electron chi connectivity index (χ1n) is 11.0. The molecule has 11 heteroatoms. The molecule has 2 aromatic carbocycles. The number of rotatable bonds is 9. The zero-order valence-electron chi connectivity index (χ0n) is 18.8. The monoisotopic (exact) mass is 534 g/mol. The summed E-state index contributed by atoms with van der Waals surface area (Å²) in [4.78, 5) is 38.0. The molecule has 0 radical (unpaired) electrons. The van der Waals surface area contributed by atoms with Gasteiger partial charge in [-0.25, -0.2) is 4.79 Å². The number of aliphatic carboxylic acids is 1. The third-order valence-electron chi connectivity index (χ3n) is 5.77. The minimum atomic E-state index is -1.11. The van der Waals surface area contributed by atoms with E-state index in [4.69, 9.17) is 38.4 Å². The molecule has 4 rings (SSSR count). The molecule has 2 atom stereocenters. The van der Waals surface area contributed by atoms with E-state index in [9.17, 15) is 14.4 Å². The molecule has 0 aromatic heterocycles. The Morgan fingerprint density at radius 2 is 1.91 bits per heavy atom. The number of nitrogens with zero attached hydrogens (tertiary/aromatic N) is 2. The third-order valence-corrected chi connectivity index (χ3v) is 7.71. The summed E-state index contributed by atoms with van der Waals surface area (Å²) in [7, 11) is 0. The zero-order valence-corrected chi connectivity index (χ0v) is 21.2. The summed E-state index contributed by atoms with van der Waals surface area (Å²) < 4.78 is 11.3. The number of thioether (sulfide) groups is 1. The second kappa shape index (κ2) is 10.8. The molecule has 2 heterocycles. The molecule has 2 fully saturated rings. The average Bonchev–Trinajstić information content (AvgIpc) is 3.29. The molecule has 2 aromatic rings. The van der Waals surface area contributed by atoms with Crippen LogP contribution in [-0.2, 0) is 27.2 Å².